The van der Waals surface area contributed by atoms with Gasteiger partial charge in [-0.2, -0.15) is 0 Å². The van der Waals surface area contributed by atoms with Gasteiger partial charge < -0.3 is 10.6 Å². The summed E-state index contributed by atoms with van der Waals surface area (Å²) in [4.78, 5) is 24.0. The number of nitrogens with one attached hydrogen (secondary N) is 2. The fourth-order valence-electron chi connectivity index (χ4n) is 2.33. The van der Waals surface area contributed by atoms with Crippen LogP contribution in [-0.4, -0.2) is 38.9 Å². The summed E-state index contributed by atoms with van der Waals surface area (Å²) >= 11 is 10.7. The SMILES string of the molecule is Cc1ccc(-n2cnnc2SCC(=O)NCC(=O)Nc2ccc(Br)cc2)cc1Cl. The highest BCUT2D eigenvalue weighted by molar-refractivity contribution is 9.10. The third-order valence-electron chi connectivity index (χ3n) is 3.86. The Labute approximate surface area is 185 Å². The van der Waals surface area contributed by atoms with Crippen LogP contribution in [0.3, 0.4) is 0 Å². The smallest absolute Gasteiger partial charge is 0.243 e. The summed E-state index contributed by atoms with van der Waals surface area (Å²) in [6.07, 6.45) is 1.56. The molecule has 29 heavy (non-hydrogen) atoms. The lowest BCUT2D eigenvalue weighted by Crippen LogP contribution is -2.33. The molecular formula is C19H17BrClN5O2S. The molecule has 0 spiro atoms. The Morgan fingerprint density at radius 3 is 2.66 bits per heavy atom. The van der Waals surface area contributed by atoms with Gasteiger partial charge in [0.25, 0.3) is 0 Å². The van der Waals surface area contributed by atoms with Gasteiger partial charge in [-0.05, 0) is 48.9 Å². The molecule has 0 aliphatic carbocycles. The molecule has 150 valence electrons. The van der Waals surface area contributed by atoms with E-state index in [0.717, 1.165) is 15.7 Å². The summed E-state index contributed by atoms with van der Waals surface area (Å²) in [6, 6.07) is 12.8. The molecule has 3 rings (SSSR count). The van der Waals surface area contributed by atoms with E-state index in [2.05, 4.69) is 36.8 Å². The number of hydrogen-bond donors (Lipinski definition) is 2. The van der Waals surface area contributed by atoms with Crippen molar-refractivity contribution in [2.75, 3.05) is 17.6 Å². The van der Waals surface area contributed by atoms with Crippen molar-refractivity contribution in [1.29, 1.82) is 0 Å². The largest absolute Gasteiger partial charge is 0.346 e. The first-order valence-electron chi connectivity index (χ1n) is 8.54. The number of thioether (sulfide) groups is 1. The maximum atomic E-state index is 12.1. The Hall–Kier alpha value is -2.36. The minimum absolute atomic E-state index is 0.101. The fourth-order valence-corrected chi connectivity index (χ4v) is 3.53. The van der Waals surface area contributed by atoms with Crippen molar-refractivity contribution in [3.8, 4) is 5.69 Å². The molecule has 10 heteroatoms. The number of carbonyl (C=O) groups is 2. The number of rotatable bonds is 7. The van der Waals surface area contributed by atoms with Crippen LogP contribution in [0.1, 0.15) is 5.56 Å². The molecule has 2 N–H and O–H groups in total. The van der Waals surface area contributed by atoms with Gasteiger partial charge in [0.2, 0.25) is 11.8 Å². The number of aryl methyl sites for hydroxylation is 1. The summed E-state index contributed by atoms with van der Waals surface area (Å²) in [5.41, 5.74) is 2.44. The Morgan fingerprint density at radius 2 is 1.93 bits per heavy atom. The molecule has 0 bridgehead atoms. The summed E-state index contributed by atoms with van der Waals surface area (Å²) in [6.45, 7) is 1.81. The minimum atomic E-state index is -0.303. The van der Waals surface area contributed by atoms with Crippen LogP contribution in [0, 0.1) is 6.92 Å². The van der Waals surface area contributed by atoms with Gasteiger partial charge in [0.1, 0.15) is 6.33 Å². The second-order valence-electron chi connectivity index (χ2n) is 6.04. The molecule has 0 aliphatic rings. The number of benzene rings is 2. The molecule has 3 aromatic rings. The Balaban J connectivity index is 1.50. The number of anilines is 1. The molecule has 0 atom stereocenters. The Morgan fingerprint density at radius 1 is 1.17 bits per heavy atom. The van der Waals surface area contributed by atoms with Gasteiger partial charge in [-0.15, -0.1) is 10.2 Å². The van der Waals surface area contributed by atoms with E-state index in [4.69, 9.17) is 11.6 Å². The number of hydrogen-bond acceptors (Lipinski definition) is 5. The minimum Gasteiger partial charge on any atom is -0.346 e. The van der Waals surface area contributed by atoms with Crippen LogP contribution in [0.5, 0.6) is 0 Å². The van der Waals surface area contributed by atoms with Crippen LogP contribution in [0.2, 0.25) is 5.02 Å². The molecule has 1 aromatic heterocycles. The summed E-state index contributed by atoms with van der Waals surface area (Å²) < 4.78 is 2.67. The maximum Gasteiger partial charge on any atom is 0.243 e. The van der Waals surface area contributed by atoms with Crippen molar-refractivity contribution in [2.24, 2.45) is 0 Å². The van der Waals surface area contributed by atoms with Gasteiger partial charge >= 0.3 is 0 Å². The third-order valence-corrected chi connectivity index (χ3v) is 5.74. The van der Waals surface area contributed by atoms with Crippen molar-refractivity contribution >= 4 is 56.8 Å². The zero-order valence-corrected chi connectivity index (χ0v) is 18.5. The molecular weight excluding hydrogens is 478 g/mol. The fraction of sp³-hybridized carbons (Fsp3) is 0.158. The maximum absolute atomic E-state index is 12.1. The molecule has 2 aromatic carbocycles. The Bertz CT molecular complexity index is 1030. The normalized spacial score (nSPS) is 10.6. The van der Waals surface area contributed by atoms with E-state index in [0.29, 0.717) is 15.9 Å². The van der Waals surface area contributed by atoms with Gasteiger partial charge in [0.15, 0.2) is 5.16 Å². The predicted octanol–water partition coefficient (Wildman–Crippen LogP) is 3.84. The third kappa shape index (κ3) is 6.06. The average molecular weight is 495 g/mol. The number of nitrogens with zero attached hydrogens (tertiary/aromatic N) is 3. The molecule has 0 aliphatic heterocycles. The highest BCUT2D eigenvalue weighted by atomic mass is 79.9. The molecule has 0 radical (unpaired) electrons. The van der Waals surface area contributed by atoms with E-state index in [-0.39, 0.29) is 24.1 Å². The van der Waals surface area contributed by atoms with Crippen molar-refractivity contribution in [3.05, 3.63) is 63.9 Å². The van der Waals surface area contributed by atoms with Crippen LogP contribution in [-0.2, 0) is 9.59 Å². The van der Waals surface area contributed by atoms with Crippen molar-refractivity contribution < 1.29 is 9.59 Å². The van der Waals surface area contributed by atoms with Crippen LogP contribution < -0.4 is 10.6 Å². The van der Waals surface area contributed by atoms with Gasteiger partial charge in [-0.1, -0.05) is 45.4 Å². The van der Waals surface area contributed by atoms with Crippen molar-refractivity contribution in [1.82, 2.24) is 20.1 Å². The second-order valence-corrected chi connectivity index (χ2v) is 8.30. The lowest BCUT2D eigenvalue weighted by molar-refractivity contribution is -0.122. The molecule has 0 saturated carbocycles. The molecule has 1 heterocycles. The summed E-state index contributed by atoms with van der Waals surface area (Å²) in [5.74, 6) is -0.482. The van der Waals surface area contributed by atoms with Gasteiger partial charge in [0, 0.05) is 15.2 Å². The van der Waals surface area contributed by atoms with Gasteiger partial charge in [-0.25, -0.2) is 0 Å². The lowest BCUT2D eigenvalue weighted by atomic mass is 10.2. The average Bonchev–Trinajstić information content (AvgIpc) is 3.17. The van der Waals surface area contributed by atoms with Gasteiger partial charge in [0.05, 0.1) is 18.0 Å². The quantitative estimate of drug-likeness (QED) is 0.487. The van der Waals surface area contributed by atoms with E-state index in [1.54, 1.807) is 23.0 Å². The first-order valence-corrected chi connectivity index (χ1v) is 10.7. The van der Waals surface area contributed by atoms with Crippen LogP contribution in [0.15, 0.2) is 58.4 Å². The molecule has 7 nitrogen and oxygen atoms in total. The highest BCUT2D eigenvalue weighted by Gasteiger charge is 2.12. The molecule has 0 unspecified atom stereocenters. The topological polar surface area (TPSA) is 88.9 Å². The molecule has 0 fully saturated rings. The lowest BCUT2D eigenvalue weighted by Gasteiger charge is -2.09. The van der Waals surface area contributed by atoms with E-state index in [1.807, 2.05) is 37.3 Å². The van der Waals surface area contributed by atoms with Crippen molar-refractivity contribution in [3.63, 3.8) is 0 Å². The van der Waals surface area contributed by atoms with Crippen LogP contribution in [0.4, 0.5) is 5.69 Å². The number of aromatic nitrogens is 3. The van der Waals surface area contributed by atoms with E-state index < -0.39 is 0 Å². The van der Waals surface area contributed by atoms with E-state index in [9.17, 15) is 9.59 Å². The van der Waals surface area contributed by atoms with Gasteiger partial charge in [-0.3, -0.25) is 14.2 Å². The first kappa shape index (κ1) is 21.4. The van der Waals surface area contributed by atoms with E-state index >= 15 is 0 Å². The first-order chi connectivity index (χ1) is 13.9. The van der Waals surface area contributed by atoms with Crippen molar-refractivity contribution in [2.45, 2.75) is 12.1 Å². The Kier molecular flexibility index (Phi) is 7.29. The molecule has 0 saturated heterocycles. The monoisotopic (exact) mass is 493 g/mol. The zero-order chi connectivity index (χ0) is 20.8. The molecule has 2 amide bonds. The summed E-state index contributed by atoms with van der Waals surface area (Å²) in [5, 5.41) is 14.5. The highest BCUT2D eigenvalue weighted by Crippen LogP contribution is 2.23. The number of halogens is 2. The van der Waals surface area contributed by atoms with E-state index in [1.165, 1.54) is 11.8 Å². The van der Waals surface area contributed by atoms with Crippen LogP contribution in [0.25, 0.3) is 5.69 Å². The zero-order valence-electron chi connectivity index (χ0n) is 15.4. The number of amides is 2. The standard InChI is InChI=1S/C19H17BrClN5O2S/c1-12-2-7-15(8-16(12)21)26-11-23-25-19(26)29-10-18(28)22-9-17(27)24-14-5-3-13(20)4-6-14/h2-8,11H,9-10H2,1H3,(H,22,28)(H,24,27). The predicted molar refractivity (Wildman–Crippen MR) is 118 cm³/mol. The summed E-state index contributed by atoms with van der Waals surface area (Å²) in [7, 11) is 0. The van der Waals surface area contributed by atoms with Crippen LogP contribution >= 0.6 is 39.3 Å². The number of carbonyl (C=O) groups excluding carboxylic acids is 2. The second kappa shape index (κ2) is 9.91.